The monoisotopic (exact) mass is 255 g/mol. The van der Waals surface area contributed by atoms with E-state index in [1.165, 1.54) is 0 Å². The highest BCUT2D eigenvalue weighted by molar-refractivity contribution is 6.30. The Balaban J connectivity index is 2.59. The highest BCUT2D eigenvalue weighted by Crippen LogP contribution is 2.13. The van der Waals surface area contributed by atoms with Crippen LogP contribution in [0.2, 0.25) is 5.02 Å². The van der Waals surface area contributed by atoms with Crippen LogP contribution in [0.15, 0.2) is 24.3 Å². The summed E-state index contributed by atoms with van der Waals surface area (Å²) in [6.07, 6.45) is 0. The molecule has 94 valence electrons. The first-order valence-electron chi connectivity index (χ1n) is 5.66. The number of rotatable bonds is 5. The first-order valence-corrected chi connectivity index (χ1v) is 6.03. The molecule has 4 heteroatoms. The molecule has 3 nitrogen and oxygen atoms in total. The second-order valence-electron chi connectivity index (χ2n) is 3.97. The summed E-state index contributed by atoms with van der Waals surface area (Å²) >= 11 is 5.91. The highest BCUT2D eigenvalue weighted by Gasteiger charge is 2.18. The molecule has 17 heavy (non-hydrogen) atoms. The van der Waals surface area contributed by atoms with Crippen molar-refractivity contribution in [3.05, 3.63) is 34.9 Å². The van der Waals surface area contributed by atoms with Crippen molar-refractivity contribution < 1.29 is 9.53 Å². The number of esters is 1. The van der Waals surface area contributed by atoms with Crippen LogP contribution >= 0.6 is 11.6 Å². The van der Waals surface area contributed by atoms with E-state index in [-0.39, 0.29) is 12.0 Å². The van der Waals surface area contributed by atoms with Crippen LogP contribution in [0.1, 0.15) is 19.4 Å². The first kappa shape index (κ1) is 14.0. The summed E-state index contributed by atoms with van der Waals surface area (Å²) < 4.78 is 4.98. The molecule has 0 saturated heterocycles. The maximum Gasteiger partial charge on any atom is 0.323 e. The molecule has 0 radical (unpaired) electrons. The summed E-state index contributed by atoms with van der Waals surface area (Å²) in [6, 6.07) is 7.37. The fraction of sp³-hybridized carbons (Fsp3) is 0.462. The topological polar surface area (TPSA) is 29.5 Å². The van der Waals surface area contributed by atoms with E-state index in [0.29, 0.717) is 18.2 Å². The Labute approximate surface area is 107 Å². The Morgan fingerprint density at radius 1 is 1.53 bits per heavy atom. The summed E-state index contributed by atoms with van der Waals surface area (Å²) in [4.78, 5) is 13.5. The minimum atomic E-state index is -0.256. The van der Waals surface area contributed by atoms with Gasteiger partial charge in [-0.15, -0.1) is 0 Å². The quantitative estimate of drug-likeness (QED) is 0.758. The van der Waals surface area contributed by atoms with Crippen molar-refractivity contribution in [1.29, 1.82) is 0 Å². The molecule has 1 rings (SSSR count). The number of hydrogen-bond donors (Lipinski definition) is 0. The van der Waals surface area contributed by atoms with E-state index in [1.54, 1.807) is 0 Å². The van der Waals surface area contributed by atoms with Crippen LogP contribution in [-0.4, -0.2) is 30.6 Å². The average molecular weight is 256 g/mol. The zero-order valence-corrected chi connectivity index (χ0v) is 11.2. The second-order valence-corrected chi connectivity index (χ2v) is 4.41. The van der Waals surface area contributed by atoms with Gasteiger partial charge >= 0.3 is 5.97 Å². The molecule has 1 atom stereocenters. The first-order chi connectivity index (χ1) is 8.04. The van der Waals surface area contributed by atoms with Gasteiger partial charge < -0.3 is 4.74 Å². The highest BCUT2D eigenvalue weighted by atomic mass is 35.5. The molecule has 0 aromatic heterocycles. The van der Waals surface area contributed by atoms with Crippen molar-refractivity contribution in [3.8, 4) is 0 Å². The molecule has 1 aromatic rings. The molecule has 0 spiro atoms. The average Bonchev–Trinajstić information content (AvgIpc) is 2.28. The minimum Gasteiger partial charge on any atom is -0.465 e. The number of carbonyl (C=O) groups is 1. The standard InChI is InChI=1S/C13H18ClNO2/c1-4-17-13(16)10(2)15(3)9-11-6-5-7-12(14)8-11/h5-8,10H,4,9H2,1-3H3. The van der Waals surface area contributed by atoms with E-state index in [9.17, 15) is 4.79 Å². The molecule has 1 aromatic carbocycles. The lowest BCUT2D eigenvalue weighted by molar-refractivity contribution is -0.148. The zero-order valence-electron chi connectivity index (χ0n) is 10.4. The Morgan fingerprint density at radius 2 is 2.24 bits per heavy atom. The number of benzene rings is 1. The molecule has 0 aliphatic rings. The maximum absolute atomic E-state index is 11.6. The number of halogens is 1. The molecule has 0 aliphatic carbocycles. The van der Waals surface area contributed by atoms with Crippen LogP contribution in [0.4, 0.5) is 0 Å². The van der Waals surface area contributed by atoms with Crippen LogP contribution < -0.4 is 0 Å². The predicted molar refractivity (Wildman–Crippen MR) is 69.0 cm³/mol. The van der Waals surface area contributed by atoms with Crippen molar-refractivity contribution in [1.82, 2.24) is 4.90 Å². The zero-order chi connectivity index (χ0) is 12.8. The molecule has 0 N–H and O–H groups in total. The molecule has 0 bridgehead atoms. The van der Waals surface area contributed by atoms with Crippen molar-refractivity contribution in [3.63, 3.8) is 0 Å². The smallest absolute Gasteiger partial charge is 0.323 e. The summed E-state index contributed by atoms with van der Waals surface area (Å²) in [6.45, 7) is 4.72. The van der Waals surface area contributed by atoms with Gasteiger partial charge in [-0.2, -0.15) is 0 Å². The van der Waals surface area contributed by atoms with E-state index < -0.39 is 0 Å². The third-order valence-electron chi connectivity index (χ3n) is 2.61. The molecule has 0 saturated carbocycles. The Morgan fingerprint density at radius 3 is 2.82 bits per heavy atom. The SMILES string of the molecule is CCOC(=O)C(C)N(C)Cc1cccc(Cl)c1. The lowest BCUT2D eigenvalue weighted by atomic mass is 10.2. The number of carbonyl (C=O) groups excluding carboxylic acids is 1. The van der Waals surface area contributed by atoms with Crippen molar-refractivity contribution in [2.24, 2.45) is 0 Å². The van der Waals surface area contributed by atoms with E-state index in [1.807, 2.05) is 50.1 Å². The third kappa shape index (κ3) is 4.36. The van der Waals surface area contributed by atoms with Gasteiger partial charge in [0.15, 0.2) is 0 Å². The number of ether oxygens (including phenoxy) is 1. The van der Waals surface area contributed by atoms with Gasteiger partial charge in [-0.1, -0.05) is 23.7 Å². The minimum absolute atomic E-state index is 0.197. The van der Waals surface area contributed by atoms with Gasteiger partial charge in [-0.25, -0.2) is 0 Å². The summed E-state index contributed by atoms with van der Waals surface area (Å²) in [7, 11) is 1.89. The van der Waals surface area contributed by atoms with E-state index in [4.69, 9.17) is 16.3 Å². The van der Waals surface area contributed by atoms with E-state index in [2.05, 4.69) is 0 Å². The Kier molecular flexibility index (Phi) is 5.45. The fourth-order valence-electron chi connectivity index (χ4n) is 1.50. The number of nitrogens with zero attached hydrogens (tertiary/aromatic N) is 1. The Hall–Kier alpha value is -1.06. The maximum atomic E-state index is 11.6. The van der Waals surface area contributed by atoms with Crippen molar-refractivity contribution >= 4 is 17.6 Å². The van der Waals surface area contributed by atoms with E-state index in [0.717, 1.165) is 5.56 Å². The normalized spacial score (nSPS) is 12.5. The Bertz CT molecular complexity index is 381. The molecule has 0 aliphatic heterocycles. The summed E-state index contributed by atoms with van der Waals surface area (Å²) in [5.41, 5.74) is 1.08. The van der Waals surface area contributed by atoms with Gasteiger partial charge in [0.2, 0.25) is 0 Å². The van der Waals surface area contributed by atoms with Crippen molar-refractivity contribution in [2.45, 2.75) is 26.4 Å². The molecular formula is C13H18ClNO2. The van der Waals surface area contributed by atoms with Crippen LogP contribution in [0.25, 0.3) is 0 Å². The lowest BCUT2D eigenvalue weighted by Gasteiger charge is -2.22. The second kappa shape index (κ2) is 6.62. The number of likely N-dealkylation sites (N-methyl/N-ethyl adjacent to an activating group) is 1. The number of hydrogen-bond acceptors (Lipinski definition) is 3. The van der Waals surface area contributed by atoms with Gasteiger partial charge in [-0.05, 0) is 38.6 Å². The molecule has 1 unspecified atom stereocenters. The van der Waals surface area contributed by atoms with Gasteiger partial charge in [0.1, 0.15) is 6.04 Å². The van der Waals surface area contributed by atoms with Crippen LogP contribution in [0.5, 0.6) is 0 Å². The van der Waals surface area contributed by atoms with Gasteiger partial charge in [-0.3, -0.25) is 9.69 Å². The van der Waals surface area contributed by atoms with Crippen LogP contribution in [0.3, 0.4) is 0 Å². The van der Waals surface area contributed by atoms with Gasteiger partial charge in [0.25, 0.3) is 0 Å². The summed E-state index contributed by atoms with van der Waals surface area (Å²) in [5.74, 6) is -0.197. The largest absolute Gasteiger partial charge is 0.465 e. The molecule has 0 amide bonds. The predicted octanol–water partition coefficient (Wildman–Crippen LogP) is 2.72. The fourth-order valence-corrected chi connectivity index (χ4v) is 1.72. The van der Waals surface area contributed by atoms with E-state index >= 15 is 0 Å². The molecule has 0 heterocycles. The van der Waals surface area contributed by atoms with Crippen molar-refractivity contribution in [2.75, 3.05) is 13.7 Å². The summed E-state index contributed by atoms with van der Waals surface area (Å²) in [5, 5.41) is 0.708. The molecule has 0 fully saturated rings. The molecular weight excluding hydrogens is 238 g/mol. The van der Waals surface area contributed by atoms with Crippen LogP contribution in [0, 0.1) is 0 Å². The third-order valence-corrected chi connectivity index (χ3v) is 2.84. The van der Waals surface area contributed by atoms with Crippen LogP contribution in [-0.2, 0) is 16.1 Å². The van der Waals surface area contributed by atoms with Gasteiger partial charge in [0, 0.05) is 11.6 Å². The lowest BCUT2D eigenvalue weighted by Crippen LogP contribution is -2.36. The van der Waals surface area contributed by atoms with Gasteiger partial charge in [0.05, 0.1) is 6.61 Å².